The Hall–Kier alpha value is -1.55. The monoisotopic (exact) mass is 279 g/mol. The Balaban J connectivity index is 2.11. The fourth-order valence-electron chi connectivity index (χ4n) is 2.74. The van der Waals surface area contributed by atoms with Crippen molar-refractivity contribution >= 4 is 29.2 Å². The van der Waals surface area contributed by atoms with Gasteiger partial charge in [0, 0.05) is 12.7 Å². The molecular weight excluding hydrogens is 266 g/mol. The van der Waals surface area contributed by atoms with E-state index in [1.54, 1.807) is 31.0 Å². The zero-order valence-corrected chi connectivity index (χ0v) is 11.6. The van der Waals surface area contributed by atoms with Gasteiger partial charge in [-0.15, -0.1) is 0 Å². The SMILES string of the molecule is CCOC(=O)c1cc2c(cc1Cl)C1(CC1)C(=O)N2C. The van der Waals surface area contributed by atoms with E-state index < -0.39 is 5.97 Å². The number of ether oxygens (including phenoxy) is 1. The van der Waals surface area contributed by atoms with Crippen molar-refractivity contribution in [2.75, 3.05) is 18.6 Å². The Morgan fingerprint density at radius 2 is 2.16 bits per heavy atom. The largest absolute Gasteiger partial charge is 0.462 e. The lowest BCUT2D eigenvalue weighted by Crippen LogP contribution is -2.27. The molecule has 1 heterocycles. The van der Waals surface area contributed by atoms with E-state index in [1.165, 1.54) is 0 Å². The molecule has 0 bridgehead atoms. The molecule has 1 spiro atoms. The summed E-state index contributed by atoms with van der Waals surface area (Å²) in [7, 11) is 1.73. The Bertz CT molecular complexity index is 593. The number of rotatable bonds is 2. The summed E-state index contributed by atoms with van der Waals surface area (Å²) in [5.74, 6) is -0.354. The van der Waals surface area contributed by atoms with Crippen LogP contribution in [-0.2, 0) is 14.9 Å². The minimum absolute atomic E-state index is 0.0968. The van der Waals surface area contributed by atoms with Crippen molar-refractivity contribution in [2.24, 2.45) is 0 Å². The molecular formula is C14H14ClNO3. The minimum atomic E-state index is -0.451. The number of amides is 1. The van der Waals surface area contributed by atoms with Gasteiger partial charge in [0.2, 0.25) is 5.91 Å². The van der Waals surface area contributed by atoms with E-state index in [-0.39, 0.29) is 11.3 Å². The molecule has 19 heavy (non-hydrogen) atoms. The number of nitrogens with zero attached hydrogens (tertiary/aromatic N) is 1. The third kappa shape index (κ3) is 1.59. The highest BCUT2D eigenvalue weighted by Crippen LogP contribution is 2.57. The highest BCUT2D eigenvalue weighted by Gasteiger charge is 2.58. The molecule has 100 valence electrons. The van der Waals surface area contributed by atoms with Crippen LogP contribution in [0.3, 0.4) is 0 Å². The van der Waals surface area contributed by atoms with Crippen molar-refractivity contribution in [3.8, 4) is 0 Å². The summed E-state index contributed by atoms with van der Waals surface area (Å²) in [5.41, 5.74) is 1.66. The lowest BCUT2D eigenvalue weighted by Gasteiger charge is -2.12. The van der Waals surface area contributed by atoms with Crippen LogP contribution >= 0.6 is 11.6 Å². The van der Waals surface area contributed by atoms with Gasteiger partial charge in [0.25, 0.3) is 0 Å². The number of carbonyl (C=O) groups excluding carboxylic acids is 2. The maximum Gasteiger partial charge on any atom is 0.339 e. The van der Waals surface area contributed by atoms with Crippen LogP contribution in [0.5, 0.6) is 0 Å². The number of hydrogen-bond donors (Lipinski definition) is 0. The van der Waals surface area contributed by atoms with Crippen molar-refractivity contribution in [3.63, 3.8) is 0 Å². The number of fused-ring (bicyclic) bond motifs is 2. The maximum absolute atomic E-state index is 12.2. The fraction of sp³-hybridized carbons (Fsp3) is 0.429. The van der Waals surface area contributed by atoms with E-state index in [4.69, 9.17) is 16.3 Å². The van der Waals surface area contributed by atoms with Crippen molar-refractivity contribution in [1.82, 2.24) is 0 Å². The van der Waals surface area contributed by atoms with Crippen LogP contribution < -0.4 is 4.90 Å². The molecule has 3 rings (SSSR count). The second-order valence-electron chi connectivity index (χ2n) is 5.02. The Morgan fingerprint density at radius 1 is 1.47 bits per heavy atom. The van der Waals surface area contributed by atoms with Crippen LogP contribution in [-0.4, -0.2) is 25.5 Å². The second-order valence-corrected chi connectivity index (χ2v) is 5.42. The number of esters is 1. The number of hydrogen-bond acceptors (Lipinski definition) is 3. The van der Waals surface area contributed by atoms with Crippen molar-refractivity contribution < 1.29 is 14.3 Å². The third-order valence-corrected chi connectivity index (χ3v) is 4.23. The average molecular weight is 280 g/mol. The zero-order valence-electron chi connectivity index (χ0n) is 10.8. The molecule has 4 nitrogen and oxygen atoms in total. The first kappa shape index (κ1) is 12.5. The van der Waals surface area contributed by atoms with Crippen LogP contribution in [0.15, 0.2) is 12.1 Å². The minimum Gasteiger partial charge on any atom is -0.462 e. The van der Waals surface area contributed by atoms with Gasteiger partial charge in [-0.05, 0) is 37.5 Å². The first-order valence-corrected chi connectivity index (χ1v) is 6.68. The lowest BCUT2D eigenvalue weighted by atomic mass is 9.96. The highest BCUT2D eigenvalue weighted by molar-refractivity contribution is 6.34. The van der Waals surface area contributed by atoms with E-state index in [1.807, 2.05) is 0 Å². The van der Waals surface area contributed by atoms with Crippen molar-refractivity contribution in [1.29, 1.82) is 0 Å². The van der Waals surface area contributed by atoms with Crippen LogP contribution in [0, 0.1) is 0 Å². The van der Waals surface area contributed by atoms with E-state index in [0.29, 0.717) is 17.2 Å². The standard InChI is InChI=1S/C14H14ClNO3/c1-3-19-12(17)8-6-11-9(7-10(8)15)14(4-5-14)13(18)16(11)2/h6-7H,3-5H2,1-2H3. The molecule has 0 saturated heterocycles. The molecule has 1 fully saturated rings. The third-order valence-electron chi connectivity index (χ3n) is 3.92. The van der Waals surface area contributed by atoms with Crippen LogP contribution in [0.2, 0.25) is 5.02 Å². The normalized spacial score (nSPS) is 18.7. The van der Waals surface area contributed by atoms with Crippen LogP contribution in [0.25, 0.3) is 0 Å². The van der Waals surface area contributed by atoms with Gasteiger partial charge >= 0.3 is 5.97 Å². The summed E-state index contributed by atoms with van der Waals surface area (Å²) in [4.78, 5) is 25.7. The Labute approximate surface area is 116 Å². The Kier molecular flexibility index (Phi) is 2.61. The summed E-state index contributed by atoms with van der Waals surface area (Å²) in [6.45, 7) is 2.04. The predicted octanol–water partition coefficient (Wildman–Crippen LogP) is 2.52. The topological polar surface area (TPSA) is 46.6 Å². The number of halogens is 1. The highest BCUT2D eigenvalue weighted by atomic mass is 35.5. The fourth-order valence-corrected chi connectivity index (χ4v) is 2.98. The van der Waals surface area contributed by atoms with E-state index in [2.05, 4.69) is 0 Å². The number of likely N-dealkylation sites (N-methyl/N-ethyl adjacent to an activating group) is 1. The maximum atomic E-state index is 12.2. The summed E-state index contributed by atoms with van der Waals surface area (Å²) in [5, 5.41) is 0.353. The van der Waals surface area contributed by atoms with Gasteiger partial charge in [-0.2, -0.15) is 0 Å². The first-order valence-electron chi connectivity index (χ1n) is 6.30. The van der Waals surface area contributed by atoms with Crippen LogP contribution in [0.4, 0.5) is 5.69 Å². The van der Waals surface area contributed by atoms with Crippen LogP contribution in [0.1, 0.15) is 35.7 Å². The molecule has 1 aromatic rings. The quantitative estimate of drug-likeness (QED) is 0.782. The second kappa shape index (κ2) is 3.97. The molecule has 5 heteroatoms. The molecule has 0 N–H and O–H groups in total. The van der Waals surface area contributed by atoms with Gasteiger partial charge in [0.1, 0.15) is 0 Å². The Morgan fingerprint density at radius 3 is 2.74 bits per heavy atom. The molecule has 0 aromatic heterocycles. The van der Waals surface area contributed by atoms with Crippen molar-refractivity contribution in [2.45, 2.75) is 25.2 Å². The first-order chi connectivity index (χ1) is 9.01. The van der Waals surface area contributed by atoms with E-state index in [9.17, 15) is 9.59 Å². The molecule has 1 amide bonds. The van der Waals surface area contributed by atoms with E-state index in [0.717, 1.165) is 24.1 Å². The van der Waals surface area contributed by atoms with Gasteiger partial charge in [0.15, 0.2) is 0 Å². The van der Waals surface area contributed by atoms with Gasteiger partial charge in [-0.25, -0.2) is 4.79 Å². The van der Waals surface area contributed by atoms with Gasteiger partial charge in [0.05, 0.1) is 22.6 Å². The lowest BCUT2D eigenvalue weighted by molar-refractivity contribution is -0.119. The molecule has 0 atom stereocenters. The molecule has 1 saturated carbocycles. The smallest absolute Gasteiger partial charge is 0.339 e. The van der Waals surface area contributed by atoms with E-state index >= 15 is 0 Å². The number of carbonyl (C=O) groups is 2. The summed E-state index contributed by atoms with van der Waals surface area (Å²) >= 11 is 6.16. The van der Waals surface area contributed by atoms with Gasteiger partial charge in [-0.3, -0.25) is 4.79 Å². The molecule has 1 aliphatic heterocycles. The summed E-state index contributed by atoms with van der Waals surface area (Å²) < 4.78 is 4.97. The number of anilines is 1. The van der Waals surface area contributed by atoms with Gasteiger partial charge < -0.3 is 9.64 Å². The molecule has 0 radical (unpaired) electrons. The predicted molar refractivity (Wildman–Crippen MR) is 71.7 cm³/mol. The molecule has 0 unspecified atom stereocenters. The molecule has 1 aromatic carbocycles. The zero-order chi connectivity index (χ0) is 13.8. The summed E-state index contributed by atoms with van der Waals surface area (Å²) in [6.07, 6.45) is 1.72. The summed E-state index contributed by atoms with van der Waals surface area (Å²) in [6, 6.07) is 3.41. The average Bonchev–Trinajstić information content (AvgIpc) is 3.15. The van der Waals surface area contributed by atoms with Gasteiger partial charge in [-0.1, -0.05) is 11.6 Å². The number of benzene rings is 1. The van der Waals surface area contributed by atoms with Crippen molar-refractivity contribution in [3.05, 3.63) is 28.3 Å². The molecule has 1 aliphatic carbocycles. The molecule has 2 aliphatic rings.